The van der Waals surface area contributed by atoms with E-state index in [2.05, 4.69) is 31.4 Å². The molecule has 1 atom stereocenters. The van der Waals surface area contributed by atoms with Crippen molar-refractivity contribution in [1.82, 2.24) is 0 Å². The third-order valence-electron chi connectivity index (χ3n) is 1.53. The molecule has 0 spiro atoms. The highest BCUT2D eigenvalue weighted by Crippen LogP contribution is 2.30. The van der Waals surface area contributed by atoms with Crippen LogP contribution in [0.25, 0.3) is 0 Å². The zero-order valence-corrected chi connectivity index (χ0v) is 8.45. The van der Waals surface area contributed by atoms with Gasteiger partial charge in [0.25, 0.3) is 0 Å². The number of hydrogen-bond donors (Lipinski definition) is 0. The Morgan fingerprint density at radius 3 is 2.73 bits per heavy atom. The van der Waals surface area contributed by atoms with E-state index in [-0.39, 0.29) is 5.38 Å². The lowest BCUT2D eigenvalue weighted by Crippen LogP contribution is -1.93. The maximum atomic E-state index is 6.15. The molecule has 0 amide bonds. The number of hydrogen-bond acceptors (Lipinski definition) is 1. The van der Waals surface area contributed by atoms with Gasteiger partial charge in [0, 0.05) is 4.88 Å². The van der Waals surface area contributed by atoms with Crippen molar-refractivity contribution < 1.29 is 0 Å². The van der Waals surface area contributed by atoms with Crippen LogP contribution in [-0.4, -0.2) is 0 Å². The van der Waals surface area contributed by atoms with Crippen LogP contribution in [0.1, 0.15) is 30.5 Å². The minimum absolute atomic E-state index is 0.218. The summed E-state index contributed by atoms with van der Waals surface area (Å²) in [6.45, 7) is 4.39. The van der Waals surface area contributed by atoms with Crippen molar-refractivity contribution in [1.29, 1.82) is 0 Å². The molecule has 1 aromatic heterocycles. The van der Waals surface area contributed by atoms with Crippen LogP contribution in [0.3, 0.4) is 0 Å². The van der Waals surface area contributed by atoms with Gasteiger partial charge < -0.3 is 0 Å². The van der Waals surface area contributed by atoms with Crippen molar-refractivity contribution in [2.75, 3.05) is 0 Å². The molecule has 0 saturated heterocycles. The maximum Gasteiger partial charge on any atom is 0.0681 e. The number of rotatable bonds is 3. The van der Waals surface area contributed by atoms with Crippen LogP contribution in [0.5, 0.6) is 0 Å². The molecule has 0 nitrogen and oxygen atoms in total. The molecule has 2 heteroatoms. The molecule has 0 radical (unpaired) electrons. The summed E-state index contributed by atoms with van der Waals surface area (Å²) in [4.78, 5) is 1.29. The molecule has 0 aromatic carbocycles. The first-order chi connectivity index (χ1) is 5.20. The van der Waals surface area contributed by atoms with E-state index in [0.717, 1.165) is 6.42 Å². The second-order valence-corrected chi connectivity index (χ2v) is 4.62. The van der Waals surface area contributed by atoms with Gasteiger partial charge in [0.1, 0.15) is 0 Å². The van der Waals surface area contributed by atoms with Gasteiger partial charge in [-0.05, 0) is 23.8 Å². The summed E-state index contributed by atoms with van der Waals surface area (Å²) in [5, 5.41) is 2.29. The lowest BCUT2D eigenvalue weighted by molar-refractivity contribution is 0.578. The molecule has 1 aromatic rings. The molecule has 0 saturated carbocycles. The Hall–Kier alpha value is -0.0100. The predicted molar refractivity (Wildman–Crippen MR) is 52.4 cm³/mol. The van der Waals surface area contributed by atoms with Gasteiger partial charge in [0.15, 0.2) is 0 Å². The van der Waals surface area contributed by atoms with Crippen molar-refractivity contribution in [2.45, 2.75) is 25.6 Å². The number of alkyl halides is 1. The molecule has 0 aliphatic heterocycles. The molecule has 11 heavy (non-hydrogen) atoms. The van der Waals surface area contributed by atoms with Gasteiger partial charge in [-0.3, -0.25) is 0 Å². The molecule has 0 N–H and O–H groups in total. The Labute approximate surface area is 77.2 Å². The van der Waals surface area contributed by atoms with E-state index in [9.17, 15) is 0 Å². The number of halogens is 1. The highest BCUT2D eigenvalue weighted by molar-refractivity contribution is 7.10. The molecule has 0 bridgehead atoms. The molecule has 0 fully saturated rings. The highest BCUT2D eigenvalue weighted by Gasteiger charge is 2.09. The van der Waals surface area contributed by atoms with E-state index in [1.165, 1.54) is 4.88 Å². The lowest BCUT2D eigenvalue weighted by Gasteiger charge is -2.08. The summed E-state index contributed by atoms with van der Waals surface area (Å²) in [5.74, 6) is 0.680. The molecule has 0 aliphatic rings. The summed E-state index contributed by atoms with van der Waals surface area (Å²) in [5.41, 5.74) is 0. The third-order valence-corrected chi connectivity index (χ3v) is 3.06. The molecule has 62 valence electrons. The SMILES string of the molecule is CC(C)CC(Cl)c1cccs1. The van der Waals surface area contributed by atoms with E-state index < -0.39 is 0 Å². The molecule has 1 rings (SSSR count). The second kappa shape index (κ2) is 4.13. The Kier molecular flexibility index (Phi) is 3.41. The van der Waals surface area contributed by atoms with Gasteiger partial charge in [-0.1, -0.05) is 19.9 Å². The topological polar surface area (TPSA) is 0 Å². The average molecular weight is 189 g/mol. The van der Waals surface area contributed by atoms with Crippen molar-refractivity contribution in [3.63, 3.8) is 0 Å². The fourth-order valence-corrected chi connectivity index (χ4v) is 2.30. The van der Waals surface area contributed by atoms with Crippen LogP contribution in [0.4, 0.5) is 0 Å². The Morgan fingerprint density at radius 1 is 1.55 bits per heavy atom. The molecule has 1 heterocycles. The fraction of sp³-hybridized carbons (Fsp3) is 0.556. The largest absolute Gasteiger partial charge is 0.147 e. The summed E-state index contributed by atoms with van der Waals surface area (Å²) < 4.78 is 0. The van der Waals surface area contributed by atoms with Crippen LogP contribution in [0.2, 0.25) is 0 Å². The quantitative estimate of drug-likeness (QED) is 0.628. The van der Waals surface area contributed by atoms with Gasteiger partial charge >= 0.3 is 0 Å². The van der Waals surface area contributed by atoms with E-state index in [1.54, 1.807) is 11.3 Å². The average Bonchev–Trinajstić information content (AvgIpc) is 2.35. The normalized spacial score (nSPS) is 13.8. The predicted octanol–water partition coefficient (Wildman–Crippen LogP) is 4.07. The Morgan fingerprint density at radius 2 is 2.27 bits per heavy atom. The standard InChI is InChI=1S/C9H13ClS/c1-7(2)6-8(10)9-4-3-5-11-9/h3-5,7-8H,6H2,1-2H3. The van der Waals surface area contributed by atoms with E-state index in [4.69, 9.17) is 11.6 Å². The number of thiophene rings is 1. The summed E-state index contributed by atoms with van der Waals surface area (Å²) in [6.07, 6.45) is 1.07. The molecular weight excluding hydrogens is 176 g/mol. The first-order valence-electron chi connectivity index (χ1n) is 3.87. The smallest absolute Gasteiger partial charge is 0.0681 e. The van der Waals surface area contributed by atoms with Gasteiger partial charge in [0.05, 0.1) is 5.38 Å². The van der Waals surface area contributed by atoms with Crippen LogP contribution in [0.15, 0.2) is 17.5 Å². The van der Waals surface area contributed by atoms with Crippen LogP contribution < -0.4 is 0 Å². The summed E-state index contributed by atoms with van der Waals surface area (Å²) in [6, 6.07) is 4.15. The van der Waals surface area contributed by atoms with Crippen molar-refractivity contribution >= 4 is 22.9 Å². The third kappa shape index (κ3) is 2.84. The molecule has 1 unspecified atom stereocenters. The maximum absolute atomic E-state index is 6.15. The van der Waals surface area contributed by atoms with Gasteiger partial charge in [-0.15, -0.1) is 22.9 Å². The van der Waals surface area contributed by atoms with E-state index >= 15 is 0 Å². The summed E-state index contributed by atoms with van der Waals surface area (Å²) in [7, 11) is 0. The molecule has 0 aliphatic carbocycles. The van der Waals surface area contributed by atoms with Crippen LogP contribution in [0, 0.1) is 5.92 Å². The first kappa shape index (κ1) is 9.08. The Bertz CT molecular complexity index is 191. The Balaban J connectivity index is 2.49. The van der Waals surface area contributed by atoms with Crippen LogP contribution >= 0.6 is 22.9 Å². The zero-order chi connectivity index (χ0) is 8.27. The van der Waals surface area contributed by atoms with Gasteiger partial charge in [0.2, 0.25) is 0 Å². The van der Waals surface area contributed by atoms with Gasteiger partial charge in [-0.25, -0.2) is 0 Å². The van der Waals surface area contributed by atoms with Crippen molar-refractivity contribution in [3.05, 3.63) is 22.4 Å². The summed E-state index contributed by atoms with van der Waals surface area (Å²) >= 11 is 7.89. The highest BCUT2D eigenvalue weighted by atomic mass is 35.5. The van der Waals surface area contributed by atoms with Crippen molar-refractivity contribution in [3.8, 4) is 0 Å². The van der Waals surface area contributed by atoms with E-state index in [1.807, 2.05) is 0 Å². The van der Waals surface area contributed by atoms with Gasteiger partial charge in [-0.2, -0.15) is 0 Å². The minimum Gasteiger partial charge on any atom is -0.147 e. The van der Waals surface area contributed by atoms with E-state index in [0.29, 0.717) is 5.92 Å². The van der Waals surface area contributed by atoms with Crippen molar-refractivity contribution in [2.24, 2.45) is 5.92 Å². The molecular formula is C9H13ClS. The van der Waals surface area contributed by atoms with Crippen LogP contribution in [-0.2, 0) is 0 Å². The first-order valence-corrected chi connectivity index (χ1v) is 5.19. The second-order valence-electron chi connectivity index (χ2n) is 3.11. The minimum atomic E-state index is 0.218. The monoisotopic (exact) mass is 188 g/mol. The fourth-order valence-electron chi connectivity index (χ4n) is 1.000. The zero-order valence-electron chi connectivity index (χ0n) is 6.88. The lowest BCUT2D eigenvalue weighted by atomic mass is 10.1.